The number of methoxy groups -OCH3 is 2. The molecule has 1 amide bonds. The molecule has 0 aromatic carbocycles. The number of nitrogens with zero attached hydrogens (tertiary/aromatic N) is 1. The van der Waals surface area contributed by atoms with Gasteiger partial charge in [-0.2, -0.15) is 8.78 Å². The Balaban J connectivity index is 4.42. The first-order valence-corrected chi connectivity index (χ1v) is 5.14. The van der Waals surface area contributed by atoms with Crippen molar-refractivity contribution in [3.63, 3.8) is 0 Å². The molecule has 0 bridgehead atoms. The predicted octanol–water partition coefficient (Wildman–Crippen LogP) is 1.15. The molecule has 0 heterocycles. The largest absolute Gasteiger partial charge is 0.383 e. The van der Waals surface area contributed by atoms with Gasteiger partial charge in [0.1, 0.15) is 0 Å². The molecule has 0 saturated heterocycles. The van der Waals surface area contributed by atoms with Crippen LogP contribution in [0.1, 0.15) is 13.3 Å². The predicted molar refractivity (Wildman–Crippen MR) is 55.6 cm³/mol. The molecule has 0 aromatic rings. The molecule has 0 aromatic heterocycles. The summed E-state index contributed by atoms with van der Waals surface area (Å²) in [6, 6.07) is 0. The molecule has 0 saturated carbocycles. The lowest BCUT2D eigenvalue weighted by Crippen LogP contribution is -2.46. The highest BCUT2D eigenvalue weighted by atomic mass is 19.3. The molecule has 0 aliphatic rings. The van der Waals surface area contributed by atoms with Gasteiger partial charge in [-0.15, -0.1) is 0 Å². The molecule has 0 radical (unpaired) electrons. The van der Waals surface area contributed by atoms with E-state index >= 15 is 0 Å². The number of hydrogen-bond acceptors (Lipinski definition) is 3. The fourth-order valence-electron chi connectivity index (χ4n) is 1.10. The van der Waals surface area contributed by atoms with Crippen LogP contribution in [0.3, 0.4) is 0 Å². The summed E-state index contributed by atoms with van der Waals surface area (Å²) in [6.07, 6.45) is -0.498. The second-order valence-electron chi connectivity index (χ2n) is 3.34. The van der Waals surface area contributed by atoms with Gasteiger partial charge >= 0.3 is 5.92 Å². The van der Waals surface area contributed by atoms with E-state index < -0.39 is 18.3 Å². The van der Waals surface area contributed by atoms with E-state index in [4.69, 9.17) is 9.47 Å². The lowest BCUT2D eigenvalue weighted by Gasteiger charge is -2.26. The highest BCUT2D eigenvalue weighted by molar-refractivity contribution is 5.83. The Hall–Kier alpha value is -0.750. The zero-order chi connectivity index (χ0) is 12.6. The van der Waals surface area contributed by atoms with E-state index in [0.717, 1.165) is 4.90 Å². The SMILES string of the molecule is CCC(F)(F)C(=O)N(CCOC)CCOC. The molecule has 0 fully saturated rings. The summed E-state index contributed by atoms with van der Waals surface area (Å²) in [7, 11) is 2.91. The van der Waals surface area contributed by atoms with Crippen molar-refractivity contribution in [3.05, 3.63) is 0 Å². The van der Waals surface area contributed by atoms with Crippen molar-refractivity contribution < 1.29 is 23.0 Å². The first kappa shape index (κ1) is 15.2. The maximum absolute atomic E-state index is 13.2. The smallest absolute Gasteiger partial charge is 0.324 e. The van der Waals surface area contributed by atoms with Gasteiger partial charge < -0.3 is 14.4 Å². The molecule has 0 aliphatic heterocycles. The summed E-state index contributed by atoms with van der Waals surface area (Å²) >= 11 is 0. The Kier molecular flexibility index (Phi) is 7.16. The van der Waals surface area contributed by atoms with Crippen molar-refractivity contribution in [1.29, 1.82) is 0 Å². The van der Waals surface area contributed by atoms with Gasteiger partial charge in [-0.05, 0) is 0 Å². The summed E-state index contributed by atoms with van der Waals surface area (Å²) < 4.78 is 35.9. The molecule has 0 atom stereocenters. The van der Waals surface area contributed by atoms with Gasteiger partial charge in [0.05, 0.1) is 13.2 Å². The Morgan fingerprint density at radius 3 is 1.94 bits per heavy atom. The quantitative estimate of drug-likeness (QED) is 0.638. The van der Waals surface area contributed by atoms with Crippen LogP contribution >= 0.6 is 0 Å². The maximum Gasteiger partial charge on any atom is 0.324 e. The molecule has 6 heteroatoms. The first-order chi connectivity index (χ1) is 7.49. The van der Waals surface area contributed by atoms with Crippen LogP contribution in [0.5, 0.6) is 0 Å². The second kappa shape index (κ2) is 7.51. The summed E-state index contributed by atoms with van der Waals surface area (Å²) in [5.41, 5.74) is 0. The maximum atomic E-state index is 13.2. The van der Waals surface area contributed by atoms with E-state index in [1.54, 1.807) is 0 Å². The van der Waals surface area contributed by atoms with E-state index in [0.29, 0.717) is 0 Å². The number of rotatable bonds is 8. The Morgan fingerprint density at radius 1 is 1.19 bits per heavy atom. The van der Waals surface area contributed by atoms with Gasteiger partial charge in [-0.3, -0.25) is 4.79 Å². The minimum Gasteiger partial charge on any atom is -0.383 e. The van der Waals surface area contributed by atoms with Crippen LogP contribution in [0.4, 0.5) is 8.78 Å². The van der Waals surface area contributed by atoms with Crippen LogP contribution in [0, 0.1) is 0 Å². The summed E-state index contributed by atoms with van der Waals surface area (Å²) in [5, 5.41) is 0. The third kappa shape index (κ3) is 4.85. The number of alkyl halides is 2. The highest BCUT2D eigenvalue weighted by Crippen LogP contribution is 2.20. The third-order valence-electron chi connectivity index (χ3n) is 2.17. The van der Waals surface area contributed by atoms with Crippen molar-refractivity contribution in [1.82, 2.24) is 4.90 Å². The fourth-order valence-corrected chi connectivity index (χ4v) is 1.10. The van der Waals surface area contributed by atoms with E-state index in [-0.39, 0.29) is 26.3 Å². The number of halogens is 2. The van der Waals surface area contributed by atoms with Gasteiger partial charge in [-0.25, -0.2) is 0 Å². The normalized spacial score (nSPS) is 11.6. The number of hydrogen-bond donors (Lipinski definition) is 0. The van der Waals surface area contributed by atoms with Gasteiger partial charge in [0, 0.05) is 33.7 Å². The minimum absolute atomic E-state index is 0.147. The second-order valence-corrected chi connectivity index (χ2v) is 3.34. The van der Waals surface area contributed by atoms with Crippen molar-refractivity contribution in [2.24, 2.45) is 0 Å². The van der Waals surface area contributed by atoms with E-state index in [9.17, 15) is 13.6 Å². The molecule has 0 N–H and O–H groups in total. The van der Waals surface area contributed by atoms with Crippen LogP contribution in [-0.4, -0.2) is 57.3 Å². The monoisotopic (exact) mass is 239 g/mol. The van der Waals surface area contributed by atoms with Crippen molar-refractivity contribution in [3.8, 4) is 0 Å². The van der Waals surface area contributed by atoms with Crippen LogP contribution in [0.15, 0.2) is 0 Å². The van der Waals surface area contributed by atoms with Gasteiger partial charge in [0.2, 0.25) is 0 Å². The molecule has 4 nitrogen and oxygen atoms in total. The van der Waals surface area contributed by atoms with Crippen molar-refractivity contribution >= 4 is 5.91 Å². The van der Waals surface area contributed by atoms with Crippen LogP contribution in [0.25, 0.3) is 0 Å². The first-order valence-electron chi connectivity index (χ1n) is 5.14. The van der Waals surface area contributed by atoms with E-state index in [2.05, 4.69) is 0 Å². The molecular formula is C10H19F2NO3. The number of ether oxygens (including phenoxy) is 2. The Bertz CT molecular complexity index is 204. The molecule has 96 valence electrons. The lowest BCUT2D eigenvalue weighted by molar-refractivity contribution is -0.159. The fraction of sp³-hybridized carbons (Fsp3) is 0.900. The summed E-state index contributed by atoms with van der Waals surface area (Å²) in [4.78, 5) is 12.5. The molecule has 0 spiro atoms. The van der Waals surface area contributed by atoms with Crippen LogP contribution in [0.2, 0.25) is 0 Å². The zero-order valence-electron chi connectivity index (χ0n) is 9.96. The standard InChI is InChI=1S/C10H19F2NO3/c1-4-10(11,12)9(14)13(5-7-15-2)6-8-16-3/h4-8H2,1-3H3. The van der Waals surface area contributed by atoms with Crippen LogP contribution < -0.4 is 0 Å². The Labute approximate surface area is 94.5 Å². The van der Waals surface area contributed by atoms with Gasteiger partial charge in [0.25, 0.3) is 5.91 Å². The van der Waals surface area contributed by atoms with Gasteiger partial charge in [0.15, 0.2) is 0 Å². The van der Waals surface area contributed by atoms with E-state index in [1.807, 2.05) is 0 Å². The third-order valence-corrected chi connectivity index (χ3v) is 2.17. The summed E-state index contributed by atoms with van der Waals surface area (Å²) in [5.74, 6) is -4.47. The molecule has 16 heavy (non-hydrogen) atoms. The number of carbonyl (C=O) groups is 1. The highest BCUT2D eigenvalue weighted by Gasteiger charge is 2.39. The van der Waals surface area contributed by atoms with Crippen molar-refractivity contribution in [2.75, 3.05) is 40.5 Å². The summed E-state index contributed by atoms with van der Waals surface area (Å²) in [6.45, 7) is 2.04. The zero-order valence-corrected chi connectivity index (χ0v) is 9.96. The van der Waals surface area contributed by atoms with Crippen molar-refractivity contribution in [2.45, 2.75) is 19.3 Å². The van der Waals surface area contributed by atoms with Gasteiger partial charge in [-0.1, -0.05) is 6.92 Å². The minimum atomic E-state index is -3.30. The number of amides is 1. The lowest BCUT2D eigenvalue weighted by atomic mass is 10.2. The van der Waals surface area contributed by atoms with Crippen LogP contribution in [-0.2, 0) is 14.3 Å². The molecular weight excluding hydrogens is 220 g/mol. The topological polar surface area (TPSA) is 38.8 Å². The average Bonchev–Trinajstić information content (AvgIpc) is 2.28. The average molecular weight is 239 g/mol. The molecule has 0 aliphatic carbocycles. The Morgan fingerprint density at radius 2 is 1.62 bits per heavy atom. The molecule has 0 rings (SSSR count). The number of carbonyl (C=O) groups excluding carboxylic acids is 1. The van der Waals surface area contributed by atoms with E-state index in [1.165, 1.54) is 21.1 Å². The molecule has 0 unspecified atom stereocenters.